The second-order valence-corrected chi connectivity index (χ2v) is 4.91. The van der Waals surface area contributed by atoms with Crippen LogP contribution in [0.1, 0.15) is 12.8 Å². The molecule has 0 aromatic heterocycles. The van der Waals surface area contributed by atoms with E-state index >= 15 is 0 Å². The van der Waals surface area contributed by atoms with Crippen molar-refractivity contribution in [1.82, 2.24) is 9.80 Å². The van der Waals surface area contributed by atoms with E-state index in [1.54, 1.807) is 0 Å². The summed E-state index contributed by atoms with van der Waals surface area (Å²) >= 11 is 0. The number of imide groups is 2. The summed E-state index contributed by atoms with van der Waals surface area (Å²) in [5.41, 5.74) is 0. The molecule has 0 spiro atoms. The zero-order valence-electron chi connectivity index (χ0n) is 12.7. The first-order valence-corrected chi connectivity index (χ1v) is 6.55. The molecule has 0 aliphatic heterocycles. The first-order chi connectivity index (χ1) is 11.4. The minimum Gasteiger partial charge on any atom is -0.635 e. The Morgan fingerprint density at radius 2 is 0.880 bits per heavy atom. The van der Waals surface area contributed by atoms with E-state index in [-0.39, 0.29) is 81.8 Å². The fraction of sp³-hybridized carbons (Fsp3) is 0.429. The number of amides is 4. The van der Waals surface area contributed by atoms with Gasteiger partial charge >= 0.3 is 0 Å². The van der Waals surface area contributed by atoms with Crippen LogP contribution < -0.4 is 0 Å². The van der Waals surface area contributed by atoms with Crippen LogP contribution in [-0.2, 0) is 71.1 Å². The monoisotopic (exact) mass is 423 g/mol. The van der Waals surface area contributed by atoms with Crippen molar-refractivity contribution in [3.05, 3.63) is 0 Å². The fourth-order valence-corrected chi connectivity index (χ4v) is 1.89. The molecule has 0 atom stereocenters. The van der Waals surface area contributed by atoms with Crippen LogP contribution in [0.4, 0.5) is 0 Å². The first kappa shape index (κ1) is 23.1. The van der Waals surface area contributed by atoms with Crippen molar-refractivity contribution in [3.8, 4) is 0 Å². The van der Waals surface area contributed by atoms with Gasteiger partial charge in [-0.05, 0) is 13.1 Å². The van der Waals surface area contributed by atoms with Crippen molar-refractivity contribution in [3.63, 3.8) is 0 Å². The molecule has 2 aliphatic rings. The van der Waals surface area contributed by atoms with Gasteiger partial charge in [0.25, 0.3) is 0 Å². The van der Waals surface area contributed by atoms with Gasteiger partial charge in [0.1, 0.15) is 0 Å². The third kappa shape index (κ3) is 6.13. The van der Waals surface area contributed by atoms with Crippen LogP contribution in [-0.4, -0.2) is 71.7 Å². The average molecular weight is 423 g/mol. The third-order valence-electron chi connectivity index (χ3n) is 3.42. The summed E-state index contributed by atoms with van der Waals surface area (Å²) < 4.78 is 0. The van der Waals surface area contributed by atoms with Crippen molar-refractivity contribution in [2.24, 2.45) is 11.8 Å². The molecule has 0 bridgehead atoms. The van der Waals surface area contributed by atoms with Crippen molar-refractivity contribution in [2.75, 3.05) is 13.1 Å². The third-order valence-corrected chi connectivity index (χ3v) is 3.42. The largest absolute Gasteiger partial charge is 0.635 e. The second-order valence-electron chi connectivity index (χ2n) is 4.91. The van der Waals surface area contributed by atoms with E-state index in [0.717, 1.165) is 0 Å². The van der Waals surface area contributed by atoms with Gasteiger partial charge in [-0.2, -0.15) is 25.6 Å². The predicted molar refractivity (Wildman–Crippen MR) is 72.4 cm³/mol. The Hall–Kier alpha value is -1.94. The maximum atomic E-state index is 10.7. The van der Waals surface area contributed by atoms with Crippen LogP contribution in [0.25, 0.3) is 0 Å². The Morgan fingerprint density at radius 3 is 1.04 bits per heavy atom. The molecule has 2 aliphatic carbocycles. The topological polar surface area (TPSA) is 143 Å². The molecular formula is C14H10N2O8Y-4. The number of nitrogens with zero attached hydrogens (tertiary/aromatic N) is 2. The summed E-state index contributed by atoms with van der Waals surface area (Å²) in [4.78, 5) is 83.6. The second kappa shape index (κ2) is 10.8. The number of hydrogen-bond donors (Lipinski definition) is 0. The number of carbonyl (C=O) groups is 4. The molecule has 0 aromatic rings. The number of ketones is 4. The molecule has 0 N–H and O–H groups in total. The molecule has 2 fully saturated rings. The van der Waals surface area contributed by atoms with Gasteiger partial charge in [0.15, 0.2) is 23.1 Å². The zero-order valence-corrected chi connectivity index (χ0v) is 15.6. The molecule has 0 heterocycles. The summed E-state index contributed by atoms with van der Waals surface area (Å²) in [5, 5.41) is 0. The van der Waals surface area contributed by atoms with E-state index in [2.05, 4.69) is 0 Å². The van der Waals surface area contributed by atoms with Gasteiger partial charge in [-0.3, -0.25) is 19.2 Å². The number of hydrogen-bond acceptors (Lipinski definition) is 8. The minimum atomic E-state index is -0.826. The van der Waals surface area contributed by atoms with Gasteiger partial charge in [-0.25, -0.2) is 0 Å². The predicted octanol–water partition coefficient (Wildman–Crippen LogP) is -2.84. The van der Waals surface area contributed by atoms with Gasteiger partial charge in [-0.15, -0.1) is 0 Å². The molecule has 11 heteroatoms. The quantitative estimate of drug-likeness (QED) is 0.231. The maximum absolute atomic E-state index is 10.7. The number of rotatable bonds is 8. The minimum absolute atomic E-state index is 0. The van der Waals surface area contributed by atoms with E-state index in [1.165, 1.54) is 25.6 Å². The SMILES string of the molecule is O=[C-]N([C-]=O)CC1C(=O)CC1=O.O=[C-]N([C-]=O)CC1C(=O)CC1=O.[Y]. The Labute approximate surface area is 167 Å². The van der Waals surface area contributed by atoms with E-state index < -0.39 is 11.8 Å². The van der Waals surface area contributed by atoms with E-state index in [0.29, 0.717) is 9.80 Å². The van der Waals surface area contributed by atoms with Gasteiger partial charge < -0.3 is 29.0 Å². The molecule has 4 amide bonds. The van der Waals surface area contributed by atoms with Crippen LogP contribution in [0.5, 0.6) is 0 Å². The van der Waals surface area contributed by atoms with Crippen molar-refractivity contribution >= 4 is 48.8 Å². The summed E-state index contributed by atoms with van der Waals surface area (Å²) in [6.07, 6.45) is 4.81. The molecule has 0 unspecified atom stereocenters. The molecule has 10 nitrogen and oxygen atoms in total. The van der Waals surface area contributed by atoms with Gasteiger partial charge in [0.05, 0.1) is 24.7 Å². The van der Waals surface area contributed by atoms with Crippen LogP contribution in [0.2, 0.25) is 0 Å². The Kier molecular flexibility index (Phi) is 9.99. The molecule has 0 saturated heterocycles. The van der Waals surface area contributed by atoms with Crippen molar-refractivity contribution < 1.29 is 71.1 Å². The summed E-state index contributed by atoms with van der Waals surface area (Å²) in [5.74, 6) is -2.61. The molecule has 0 aromatic carbocycles. The molecule has 2 rings (SSSR count). The van der Waals surface area contributed by atoms with E-state index in [9.17, 15) is 38.4 Å². The van der Waals surface area contributed by atoms with Crippen LogP contribution in [0, 0.1) is 11.8 Å². The molecule has 2 saturated carbocycles. The summed E-state index contributed by atoms with van der Waals surface area (Å²) in [6.45, 7) is -0.435. The Bertz CT molecular complexity index is 510. The molecule has 25 heavy (non-hydrogen) atoms. The molecule has 1 radical (unpaired) electrons. The summed E-state index contributed by atoms with van der Waals surface area (Å²) in [7, 11) is 0. The number of Topliss-reactive ketones (excluding diaryl/α,β-unsaturated/α-hetero) is 4. The standard InChI is InChI=1S/2C7H5NO4.Y/c2*9-3-8(4-10)2-5-6(11)1-7(5)12;/h2*5H,1-2H2;/q2*-2;. The van der Waals surface area contributed by atoms with Crippen LogP contribution >= 0.6 is 0 Å². The first-order valence-electron chi connectivity index (χ1n) is 6.55. The Balaban J connectivity index is 0.000000443. The van der Waals surface area contributed by atoms with Crippen LogP contribution in [0.15, 0.2) is 0 Å². The average Bonchev–Trinajstić information content (AvgIpc) is 2.57. The van der Waals surface area contributed by atoms with Crippen LogP contribution in [0.3, 0.4) is 0 Å². The smallest absolute Gasteiger partial charge is 0.152 e. The maximum Gasteiger partial charge on any atom is 0.152 e. The van der Waals surface area contributed by atoms with Gasteiger partial charge in [0.2, 0.25) is 0 Å². The normalized spacial score (nSPS) is 16.3. The zero-order chi connectivity index (χ0) is 18.3. The van der Waals surface area contributed by atoms with E-state index in [4.69, 9.17) is 0 Å². The molecular weight excluding hydrogens is 413 g/mol. The summed E-state index contributed by atoms with van der Waals surface area (Å²) in [6, 6.07) is 0. The fourth-order valence-electron chi connectivity index (χ4n) is 1.89. The molecule has 131 valence electrons. The number of carbonyl (C=O) groups excluding carboxylic acids is 8. The van der Waals surface area contributed by atoms with Gasteiger partial charge in [-0.1, -0.05) is 0 Å². The van der Waals surface area contributed by atoms with Crippen molar-refractivity contribution in [1.29, 1.82) is 0 Å². The van der Waals surface area contributed by atoms with E-state index in [1.807, 2.05) is 0 Å². The van der Waals surface area contributed by atoms with Gasteiger partial charge in [0, 0.05) is 32.7 Å². The Morgan fingerprint density at radius 1 is 0.640 bits per heavy atom. The van der Waals surface area contributed by atoms with Crippen molar-refractivity contribution in [2.45, 2.75) is 12.8 Å².